The third-order valence-electron chi connectivity index (χ3n) is 3.14. The van der Waals surface area contributed by atoms with Gasteiger partial charge in [0.1, 0.15) is 0 Å². The molecule has 5 nitrogen and oxygen atoms in total. The van der Waals surface area contributed by atoms with Crippen molar-refractivity contribution in [3.05, 3.63) is 58.8 Å². The van der Waals surface area contributed by atoms with Crippen LogP contribution in [0.3, 0.4) is 0 Å². The first-order valence-corrected chi connectivity index (χ1v) is 7.78. The van der Waals surface area contributed by atoms with Crippen molar-refractivity contribution in [2.24, 2.45) is 12.0 Å². The predicted octanol–water partition coefficient (Wildman–Crippen LogP) is 2.80. The zero-order valence-electron chi connectivity index (χ0n) is 12.1. The van der Waals surface area contributed by atoms with E-state index in [1.807, 2.05) is 53.5 Å². The van der Waals surface area contributed by atoms with E-state index < -0.39 is 0 Å². The molecular weight excluding hydrogens is 298 g/mol. The lowest BCUT2D eigenvalue weighted by molar-refractivity contribution is -0.118. The molecule has 0 atom stereocenters. The summed E-state index contributed by atoms with van der Waals surface area (Å²) in [6.45, 7) is 0. The number of oxazole rings is 1. The molecule has 0 N–H and O–H groups in total. The maximum Gasteiger partial charge on any atom is 0.248 e. The molecule has 0 spiro atoms. The van der Waals surface area contributed by atoms with Gasteiger partial charge in [-0.1, -0.05) is 30.3 Å². The van der Waals surface area contributed by atoms with E-state index >= 15 is 0 Å². The van der Waals surface area contributed by atoms with Gasteiger partial charge in [-0.25, -0.2) is 4.98 Å². The van der Waals surface area contributed by atoms with Crippen LogP contribution in [-0.4, -0.2) is 15.5 Å². The SMILES string of the molecule is Cn1ccsc1=NC(=O)CCc1ncc(-c2ccccc2)o1. The van der Waals surface area contributed by atoms with E-state index in [4.69, 9.17) is 4.42 Å². The van der Waals surface area contributed by atoms with Crippen LogP contribution in [0.25, 0.3) is 11.3 Å². The number of aromatic nitrogens is 2. The number of benzene rings is 1. The van der Waals surface area contributed by atoms with Crippen molar-refractivity contribution in [2.45, 2.75) is 12.8 Å². The van der Waals surface area contributed by atoms with Gasteiger partial charge in [0, 0.05) is 37.0 Å². The first kappa shape index (κ1) is 14.5. The molecule has 0 aliphatic heterocycles. The van der Waals surface area contributed by atoms with E-state index in [0.717, 1.165) is 5.56 Å². The number of carbonyl (C=O) groups excluding carboxylic acids is 1. The normalized spacial score (nSPS) is 11.8. The number of hydrogen-bond donors (Lipinski definition) is 0. The Bertz CT molecular complexity index is 830. The summed E-state index contributed by atoms with van der Waals surface area (Å²) in [5, 5.41) is 1.90. The lowest BCUT2D eigenvalue weighted by Crippen LogP contribution is -2.12. The van der Waals surface area contributed by atoms with Crippen LogP contribution in [0.5, 0.6) is 0 Å². The molecule has 0 aliphatic rings. The van der Waals surface area contributed by atoms with Crippen LogP contribution < -0.4 is 4.80 Å². The highest BCUT2D eigenvalue weighted by molar-refractivity contribution is 7.07. The zero-order valence-corrected chi connectivity index (χ0v) is 12.9. The highest BCUT2D eigenvalue weighted by Gasteiger charge is 2.08. The predicted molar refractivity (Wildman–Crippen MR) is 84.1 cm³/mol. The maximum atomic E-state index is 11.9. The van der Waals surface area contributed by atoms with Crippen molar-refractivity contribution in [1.29, 1.82) is 0 Å². The molecule has 112 valence electrons. The number of rotatable bonds is 4. The van der Waals surface area contributed by atoms with E-state index in [9.17, 15) is 4.79 Å². The Morgan fingerprint density at radius 1 is 1.36 bits per heavy atom. The summed E-state index contributed by atoms with van der Waals surface area (Å²) in [6, 6.07) is 9.76. The summed E-state index contributed by atoms with van der Waals surface area (Å²) in [6.07, 6.45) is 4.29. The van der Waals surface area contributed by atoms with Crippen LogP contribution in [0.4, 0.5) is 0 Å². The third kappa shape index (κ3) is 3.40. The van der Waals surface area contributed by atoms with Crippen LogP contribution in [0.1, 0.15) is 12.3 Å². The van der Waals surface area contributed by atoms with E-state index in [2.05, 4.69) is 9.98 Å². The van der Waals surface area contributed by atoms with Crippen LogP contribution >= 0.6 is 11.3 Å². The van der Waals surface area contributed by atoms with Gasteiger partial charge < -0.3 is 8.98 Å². The Morgan fingerprint density at radius 3 is 2.91 bits per heavy atom. The lowest BCUT2D eigenvalue weighted by Gasteiger charge is -1.95. The third-order valence-corrected chi connectivity index (χ3v) is 3.99. The molecule has 0 saturated heterocycles. The van der Waals surface area contributed by atoms with Crippen LogP contribution in [0, 0.1) is 0 Å². The minimum atomic E-state index is -0.169. The molecule has 0 fully saturated rings. The van der Waals surface area contributed by atoms with E-state index in [-0.39, 0.29) is 12.3 Å². The number of nitrogens with zero attached hydrogens (tertiary/aromatic N) is 3. The van der Waals surface area contributed by atoms with Crippen molar-refractivity contribution in [2.75, 3.05) is 0 Å². The van der Waals surface area contributed by atoms with Crippen molar-refractivity contribution in [1.82, 2.24) is 9.55 Å². The quantitative estimate of drug-likeness (QED) is 0.744. The van der Waals surface area contributed by atoms with Gasteiger partial charge in [0.25, 0.3) is 0 Å². The Labute approximate surface area is 131 Å². The molecule has 22 heavy (non-hydrogen) atoms. The molecule has 1 aromatic carbocycles. The fourth-order valence-corrected chi connectivity index (χ4v) is 2.72. The summed E-state index contributed by atoms with van der Waals surface area (Å²) >= 11 is 1.44. The van der Waals surface area contributed by atoms with Gasteiger partial charge in [0.15, 0.2) is 16.5 Å². The zero-order chi connectivity index (χ0) is 15.4. The first-order valence-electron chi connectivity index (χ1n) is 6.90. The minimum absolute atomic E-state index is 0.169. The van der Waals surface area contributed by atoms with E-state index in [1.165, 1.54) is 11.3 Å². The lowest BCUT2D eigenvalue weighted by atomic mass is 10.2. The molecular formula is C16H15N3O2S. The Kier molecular flexibility index (Phi) is 4.29. The number of thiazole rings is 1. The van der Waals surface area contributed by atoms with Crippen LogP contribution in [0.15, 0.2) is 57.5 Å². The van der Waals surface area contributed by atoms with E-state index in [0.29, 0.717) is 22.9 Å². The van der Waals surface area contributed by atoms with Crippen LogP contribution in [-0.2, 0) is 18.3 Å². The average Bonchev–Trinajstić information content (AvgIpc) is 3.16. The smallest absolute Gasteiger partial charge is 0.248 e. The molecule has 0 unspecified atom stereocenters. The second kappa shape index (κ2) is 6.53. The molecule has 3 rings (SSSR count). The largest absolute Gasteiger partial charge is 0.441 e. The topological polar surface area (TPSA) is 60.4 Å². The fourth-order valence-electron chi connectivity index (χ4n) is 1.97. The number of carbonyl (C=O) groups is 1. The van der Waals surface area contributed by atoms with Crippen molar-refractivity contribution < 1.29 is 9.21 Å². The number of amides is 1. The number of hydrogen-bond acceptors (Lipinski definition) is 4. The summed E-state index contributed by atoms with van der Waals surface area (Å²) in [5.41, 5.74) is 0.975. The fraction of sp³-hybridized carbons (Fsp3) is 0.188. The van der Waals surface area contributed by atoms with Crippen molar-refractivity contribution >= 4 is 17.2 Å². The second-order valence-electron chi connectivity index (χ2n) is 4.79. The Hall–Kier alpha value is -2.47. The van der Waals surface area contributed by atoms with Gasteiger partial charge in [-0.15, -0.1) is 11.3 Å². The number of aryl methyl sites for hydroxylation is 2. The first-order chi connectivity index (χ1) is 10.7. The minimum Gasteiger partial charge on any atom is -0.441 e. The Morgan fingerprint density at radius 2 is 2.18 bits per heavy atom. The monoisotopic (exact) mass is 313 g/mol. The molecule has 2 aromatic heterocycles. The molecule has 0 radical (unpaired) electrons. The van der Waals surface area contributed by atoms with Gasteiger partial charge in [0.05, 0.1) is 6.20 Å². The van der Waals surface area contributed by atoms with E-state index in [1.54, 1.807) is 6.20 Å². The maximum absolute atomic E-state index is 11.9. The molecule has 0 bridgehead atoms. The standard InChI is InChI=1S/C16H15N3O2S/c1-19-9-10-22-16(19)18-14(20)7-8-15-17-11-13(21-15)12-5-3-2-4-6-12/h2-6,9-11H,7-8H2,1H3. The summed E-state index contributed by atoms with van der Waals surface area (Å²) < 4.78 is 7.49. The Balaban J connectivity index is 1.64. The summed E-state index contributed by atoms with van der Waals surface area (Å²) in [5.74, 6) is 1.10. The molecule has 2 heterocycles. The highest BCUT2D eigenvalue weighted by Crippen LogP contribution is 2.20. The average molecular weight is 313 g/mol. The molecule has 0 aliphatic carbocycles. The molecule has 0 saturated carbocycles. The molecule has 3 aromatic rings. The molecule has 6 heteroatoms. The summed E-state index contributed by atoms with van der Waals surface area (Å²) in [4.78, 5) is 20.9. The van der Waals surface area contributed by atoms with Gasteiger partial charge in [-0.05, 0) is 0 Å². The molecule has 1 amide bonds. The van der Waals surface area contributed by atoms with Gasteiger partial charge in [-0.3, -0.25) is 4.79 Å². The van der Waals surface area contributed by atoms with Gasteiger partial charge in [0.2, 0.25) is 5.91 Å². The van der Waals surface area contributed by atoms with Crippen molar-refractivity contribution in [3.63, 3.8) is 0 Å². The summed E-state index contributed by atoms with van der Waals surface area (Å²) in [7, 11) is 1.86. The second-order valence-corrected chi connectivity index (χ2v) is 5.66. The van der Waals surface area contributed by atoms with Gasteiger partial charge >= 0.3 is 0 Å². The van der Waals surface area contributed by atoms with Gasteiger partial charge in [-0.2, -0.15) is 4.99 Å². The highest BCUT2D eigenvalue weighted by atomic mass is 32.1. The van der Waals surface area contributed by atoms with Crippen LogP contribution in [0.2, 0.25) is 0 Å². The van der Waals surface area contributed by atoms with Crippen molar-refractivity contribution in [3.8, 4) is 11.3 Å².